The Hall–Kier alpha value is -3.33. The summed E-state index contributed by atoms with van der Waals surface area (Å²) in [5.41, 5.74) is 2.81. The van der Waals surface area contributed by atoms with Gasteiger partial charge in [0.25, 0.3) is 0 Å². The Bertz CT molecular complexity index is 1110. The van der Waals surface area contributed by atoms with Gasteiger partial charge in [-0.1, -0.05) is 0 Å². The second-order valence-electron chi connectivity index (χ2n) is 8.26. The standard InChI is InChI=1S/C24H24ClNO8/c1-29-18-7-13(8-19(30-2)22(18)34-24(28)26-4-3-25)20-15-9-17-16(32-11-33-17)6-12(15)5-14-10-31-23(27)21(14)20/h6-9,14,20-21H,3-5,10-11H2,1-2H3,(H,26,28)/t14-,20+,21-/m0/s1. The number of cyclic esters (lactones) is 1. The summed E-state index contributed by atoms with van der Waals surface area (Å²) in [6.45, 7) is 0.782. The SMILES string of the molecule is COc1cc([C@@H]2c3cc4c(cc3C[C@H]3COC(=O)[C@@H]32)OCO4)cc(OC)c1OC(=O)NCCCl. The monoisotopic (exact) mass is 489 g/mol. The fraction of sp³-hybridized carbons (Fsp3) is 0.417. The highest BCUT2D eigenvalue weighted by atomic mass is 35.5. The number of rotatable bonds is 6. The lowest BCUT2D eigenvalue weighted by Gasteiger charge is -2.34. The molecule has 34 heavy (non-hydrogen) atoms. The number of hydrogen-bond donors (Lipinski definition) is 1. The number of amides is 1. The molecule has 2 aromatic carbocycles. The van der Waals surface area contributed by atoms with Gasteiger partial charge in [0.15, 0.2) is 23.0 Å². The number of nitrogens with one attached hydrogen (secondary N) is 1. The van der Waals surface area contributed by atoms with E-state index in [1.165, 1.54) is 14.2 Å². The summed E-state index contributed by atoms with van der Waals surface area (Å²) in [7, 11) is 2.95. The fourth-order valence-corrected chi connectivity index (χ4v) is 5.06. The topological polar surface area (TPSA) is 102 Å². The molecule has 10 heteroatoms. The smallest absolute Gasteiger partial charge is 0.412 e. The number of ether oxygens (including phenoxy) is 6. The summed E-state index contributed by atoms with van der Waals surface area (Å²) in [5, 5.41) is 2.54. The van der Waals surface area contributed by atoms with E-state index >= 15 is 0 Å². The van der Waals surface area contributed by atoms with Gasteiger partial charge in [-0.25, -0.2) is 4.79 Å². The molecule has 2 aromatic rings. The summed E-state index contributed by atoms with van der Waals surface area (Å²) >= 11 is 5.63. The summed E-state index contributed by atoms with van der Waals surface area (Å²) in [4.78, 5) is 25.0. The highest BCUT2D eigenvalue weighted by molar-refractivity contribution is 6.18. The van der Waals surface area contributed by atoms with Gasteiger partial charge in [-0.05, 0) is 47.4 Å². The van der Waals surface area contributed by atoms with Crippen molar-refractivity contribution < 1.29 is 38.0 Å². The second kappa shape index (κ2) is 9.13. The van der Waals surface area contributed by atoms with Crippen LogP contribution in [0, 0.1) is 11.8 Å². The molecule has 9 nitrogen and oxygen atoms in total. The number of halogens is 1. The van der Waals surface area contributed by atoms with Gasteiger partial charge in [-0.3, -0.25) is 4.79 Å². The average Bonchev–Trinajstić information content (AvgIpc) is 3.45. The van der Waals surface area contributed by atoms with Gasteiger partial charge in [0, 0.05) is 24.3 Å². The Balaban J connectivity index is 1.60. The Morgan fingerprint density at radius 3 is 2.47 bits per heavy atom. The van der Waals surface area contributed by atoms with Gasteiger partial charge in [0.05, 0.1) is 26.7 Å². The number of hydrogen-bond acceptors (Lipinski definition) is 8. The van der Waals surface area contributed by atoms with Crippen LogP contribution in [0.25, 0.3) is 0 Å². The normalized spacial score (nSPS) is 21.9. The van der Waals surface area contributed by atoms with Gasteiger partial charge in [-0.2, -0.15) is 0 Å². The molecule has 1 amide bonds. The molecule has 5 rings (SSSR count). The highest BCUT2D eigenvalue weighted by Crippen LogP contribution is 2.52. The molecule has 0 aromatic heterocycles. The molecule has 0 saturated carbocycles. The second-order valence-corrected chi connectivity index (χ2v) is 8.64. The minimum atomic E-state index is -0.680. The van der Waals surface area contributed by atoms with Crippen molar-refractivity contribution in [2.75, 3.05) is 40.0 Å². The lowest BCUT2D eigenvalue weighted by molar-refractivity contribution is -0.141. The lowest BCUT2D eigenvalue weighted by Crippen LogP contribution is -2.31. The first-order valence-electron chi connectivity index (χ1n) is 10.9. The predicted molar refractivity (Wildman–Crippen MR) is 120 cm³/mol. The molecular weight excluding hydrogens is 466 g/mol. The third kappa shape index (κ3) is 3.83. The van der Waals surface area contributed by atoms with Crippen LogP contribution in [0.3, 0.4) is 0 Å². The number of carbonyl (C=O) groups excluding carboxylic acids is 2. The maximum absolute atomic E-state index is 12.8. The van der Waals surface area contributed by atoms with Crippen molar-refractivity contribution in [2.24, 2.45) is 11.8 Å². The van der Waals surface area contributed by atoms with Crippen LogP contribution in [0.2, 0.25) is 0 Å². The van der Waals surface area contributed by atoms with E-state index in [1.807, 2.05) is 12.1 Å². The maximum Gasteiger partial charge on any atom is 0.412 e. The zero-order valence-corrected chi connectivity index (χ0v) is 19.5. The van der Waals surface area contributed by atoms with Crippen LogP contribution in [0.1, 0.15) is 22.6 Å². The van der Waals surface area contributed by atoms with E-state index in [0.29, 0.717) is 36.0 Å². The fourth-order valence-electron chi connectivity index (χ4n) is 4.96. The van der Waals surface area contributed by atoms with Gasteiger partial charge in [0.1, 0.15) is 0 Å². The van der Waals surface area contributed by atoms with Crippen LogP contribution in [-0.2, 0) is 16.0 Å². The van der Waals surface area contributed by atoms with E-state index in [0.717, 1.165) is 16.7 Å². The summed E-state index contributed by atoms with van der Waals surface area (Å²) in [6, 6.07) is 7.45. The lowest BCUT2D eigenvalue weighted by atomic mass is 9.67. The van der Waals surface area contributed by atoms with Crippen LogP contribution in [-0.4, -0.2) is 52.1 Å². The van der Waals surface area contributed by atoms with Crippen LogP contribution >= 0.6 is 11.6 Å². The van der Waals surface area contributed by atoms with E-state index in [1.54, 1.807) is 12.1 Å². The molecule has 1 saturated heterocycles. The molecule has 0 spiro atoms. The zero-order valence-electron chi connectivity index (χ0n) is 18.7. The first-order chi connectivity index (χ1) is 16.5. The summed E-state index contributed by atoms with van der Waals surface area (Å²) in [6.07, 6.45) is 0.0231. The molecule has 180 valence electrons. The summed E-state index contributed by atoms with van der Waals surface area (Å²) < 4.78 is 33.2. The minimum Gasteiger partial charge on any atom is -0.493 e. The van der Waals surface area contributed by atoms with Gasteiger partial charge < -0.3 is 33.7 Å². The minimum absolute atomic E-state index is 0.0274. The van der Waals surface area contributed by atoms with Crippen molar-refractivity contribution in [3.63, 3.8) is 0 Å². The van der Waals surface area contributed by atoms with Crippen molar-refractivity contribution in [2.45, 2.75) is 12.3 Å². The van der Waals surface area contributed by atoms with E-state index in [4.69, 9.17) is 40.0 Å². The molecule has 3 aliphatic rings. The quantitative estimate of drug-likeness (QED) is 0.487. The molecule has 1 aliphatic carbocycles. The number of carbonyl (C=O) groups is 2. The molecule has 0 radical (unpaired) electrons. The first-order valence-corrected chi connectivity index (χ1v) is 11.4. The number of esters is 1. The van der Waals surface area contributed by atoms with Gasteiger partial charge >= 0.3 is 12.1 Å². The van der Waals surface area contributed by atoms with E-state index < -0.39 is 6.09 Å². The molecule has 0 bridgehead atoms. The molecular formula is C24H24ClNO8. The number of benzene rings is 2. The summed E-state index contributed by atoms with van der Waals surface area (Å²) in [5.74, 6) is 1.40. The van der Waals surface area contributed by atoms with Crippen LogP contribution < -0.4 is 29.0 Å². The van der Waals surface area contributed by atoms with Crippen molar-refractivity contribution in [1.29, 1.82) is 0 Å². The maximum atomic E-state index is 12.8. The molecule has 1 N–H and O–H groups in total. The average molecular weight is 490 g/mol. The predicted octanol–water partition coefficient (Wildman–Crippen LogP) is 3.24. The van der Waals surface area contributed by atoms with Crippen LogP contribution in [0.4, 0.5) is 4.79 Å². The van der Waals surface area contributed by atoms with E-state index in [-0.39, 0.29) is 48.7 Å². The Morgan fingerprint density at radius 2 is 1.79 bits per heavy atom. The van der Waals surface area contributed by atoms with Crippen molar-refractivity contribution >= 4 is 23.7 Å². The molecule has 3 atom stereocenters. The molecule has 2 heterocycles. The number of fused-ring (bicyclic) bond motifs is 3. The largest absolute Gasteiger partial charge is 0.493 e. The van der Waals surface area contributed by atoms with Crippen molar-refractivity contribution in [1.82, 2.24) is 5.32 Å². The first kappa shape index (κ1) is 22.5. The molecule has 0 unspecified atom stereocenters. The number of methoxy groups -OCH3 is 2. The van der Waals surface area contributed by atoms with E-state index in [2.05, 4.69) is 5.32 Å². The number of alkyl halides is 1. The van der Waals surface area contributed by atoms with Gasteiger partial charge in [0.2, 0.25) is 12.5 Å². The van der Waals surface area contributed by atoms with Crippen molar-refractivity contribution in [3.05, 3.63) is 41.0 Å². The Kier molecular flexibility index (Phi) is 6.03. The van der Waals surface area contributed by atoms with Crippen LogP contribution in [0.5, 0.6) is 28.7 Å². The molecule has 2 aliphatic heterocycles. The van der Waals surface area contributed by atoms with Gasteiger partial charge in [-0.15, -0.1) is 11.6 Å². The third-order valence-corrected chi connectivity index (χ3v) is 6.62. The highest BCUT2D eigenvalue weighted by Gasteiger charge is 2.48. The Labute approximate surface area is 201 Å². The zero-order chi connectivity index (χ0) is 23.8. The third-order valence-electron chi connectivity index (χ3n) is 6.43. The van der Waals surface area contributed by atoms with Crippen molar-refractivity contribution in [3.8, 4) is 28.7 Å². The molecule has 1 fully saturated rings. The Morgan fingerprint density at radius 1 is 1.09 bits per heavy atom. The van der Waals surface area contributed by atoms with Crippen LogP contribution in [0.15, 0.2) is 24.3 Å². The van der Waals surface area contributed by atoms with E-state index in [9.17, 15) is 9.59 Å².